The van der Waals surface area contributed by atoms with Gasteiger partial charge in [-0.05, 0) is 35.2 Å². The van der Waals surface area contributed by atoms with Gasteiger partial charge in [-0.25, -0.2) is 0 Å². The Morgan fingerprint density at radius 2 is 1.57 bits per heavy atom. The third-order valence-corrected chi connectivity index (χ3v) is 6.54. The molecule has 0 saturated carbocycles. The normalized spacial score (nSPS) is 12.1. The zero-order valence-corrected chi connectivity index (χ0v) is 26.4. The minimum absolute atomic E-state index is 0. The number of hydrogen-bond donors (Lipinski definition) is 1. The molecule has 40 heavy (non-hydrogen) atoms. The molecule has 5 heteroatoms. The van der Waals surface area contributed by atoms with E-state index in [9.17, 15) is 14.7 Å². The van der Waals surface area contributed by atoms with E-state index in [1.165, 1.54) is 11.6 Å². The van der Waals surface area contributed by atoms with Gasteiger partial charge in [0.25, 0.3) is 0 Å². The van der Waals surface area contributed by atoms with E-state index in [4.69, 9.17) is 4.98 Å². The first-order chi connectivity index (χ1) is 18.5. The second-order valence-electron chi connectivity index (χ2n) is 11.2. The molecule has 0 bridgehead atoms. The summed E-state index contributed by atoms with van der Waals surface area (Å²) in [6, 6.07) is 23.4. The molecule has 3 aromatic carbocycles. The fourth-order valence-electron chi connectivity index (χ4n) is 5.04. The van der Waals surface area contributed by atoms with Crippen LogP contribution in [-0.2, 0) is 24.9 Å². The smallest absolute Gasteiger partial charge is 0.194 e. The van der Waals surface area contributed by atoms with Crippen molar-refractivity contribution in [1.82, 2.24) is 4.98 Å². The van der Waals surface area contributed by atoms with Crippen LogP contribution >= 0.6 is 0 Å². The van der Waals surface area contributed by atoms with Crippen LogP contribution in [0, 0.1) is 31.7 Å². The largest absolute Gasteiger partial charge is 0.512 e. The first-order valence-corrected chi connectivity index (χ1v) is 13.5. The van der Waals surface area contributed by atoms with Crippen LogP contribution in [0.25, 0.3) is 33.3 Å². The average Bonchev–Trinajstić information content (AvgIpc) is 3.15. The van der Waals surface area contributed by atoms with Crippen LogP contribution in [0.4, 0.5) is 0 Å². The summed E-state index contributed by atoms with van der Waals surface area (Å²) in [6.45, 7) is 12.1. The van der Waals surface area contributed by atoms with Gasteiger partial charge in [0.2, 0.25) is 0 Å². The molecule has 0 saturated heterocycles. The van der Waals surface area contributed by atoms with Gasteiger partial charge in [-0.3, -0.25) is 14.6 Å². The van der Waals surface area contributed by atoms with Crippen LogP contribution in [0.1, 0.15) is 67.6 Å². The quantitative estimate of drug-likeness (QED) is 0.109. The maximum atomic E-state index is 12.7. The minimum Gasteiger partial charge on any atom is -0.512 e. The molecule has 1 aromatic heterocycles. The third kappa shape index (κ3) is 7.21. The summed E-state index contributed by atoms with van der Waals surface area (Å²) in [5.41, 5.74) is 8.67. The summed E-state index contributed by atoms with van der Waals surface area (Å²) in [5.74, 6) is 1.08. The standard InChI is InChI=1S/C24H16NO.C11H20O2.Ir/c1-14-11-15(2)13-16(12-14)21-9-7-19-22(25-21)10-8-20-23(19)17-5-3-4-6-18(17)24(20)26;1-8(2)5-10(12)7-11(13)6-9(3)4;/h3-12H,1-2H3;7-9,12H,5-6H2,1-4H3;/q-1;;/b;10-7-;. The van der Waals surface area contributed by atoms with Crippen molar-refractivity contribution in [2.45, 2.75) is 54.4 Å². The molecule has 1 aliphatic carbocycles. The van der Waals surface area contributed by atoms with Crippen LogP contribution in [-0.4, -0.2) is 21.7 Å². The molecule has 4 nitrogen and oxygen atoms in total. The van der Waals surface area contributed by atoms with Gasteiger partial charge in [-0.2, -0.15) is 0 Å². The number of benzene rings is 3. The number of carbonyl (C=O) groups is 2. The van der Waals surface area contributed by atoms with E-state index in [-0.39, 0.29) is 37.4 Å². The molecule has 1 radical (unpaired) electrons. The van der Waals surface area contributed by atoms with Crippen LogP contribution in [0.5, 0.6) is 0 Å². The van der Waals surface area contributed by atoms with Gasteiger partial charge in [0.05, 0.1) is 11.3 Å². The van der Waals surface area contributed by atoms with E-state index in [1.807, 2.05) is 77.1 Å². The first kappa shape index (κ1) is 31.1. The number of hydrogen-bond acceptors (Lipinski definition) is 4. The Bertz CT molecular complexity index is 1560. The number of rotatable bonds is 6. The van der Waals surface area contributed by atoms with E-state index in [2.05, 4.69) is 31.2 Å². The molecule has 1 heterocycles. The average molecular weight is 711 g/mol. The van der Waals surface area contributed by atoms with Gasteiger partial charge < -0.3 is 5.11 Å². The summed E-state index contributed by atoms with van der Waals surface area (Å²) in [5, 5.41) is 10.4. The molecule has 0 atom stereocenters. The van der Waals surface area contributed by atoms with E-state index in [1.54, 1.807) is 0 Å². The van der Waals surface area contributed by atoms with E-state index in [0.717, 1.165) is 50.0 Å². The molecule has 0 fully saturated rings. The maximum absolute atomic E-state index is 12.7. The Labute approximate surface area is 250 Å². The maximum Gasteiger partial charge on any atom is 0.194 e. The fraction of sp³-hybridized carbons (Fsp3) is 0.286. The second-order valence-corrected chi connectivity index (χ2v) is 11.2. The summed E-state index contributed by atoms with van der Waals surface area (Å²) >= 11 is 0. The number of aromatic nitrogens is 1. The monoisotopic (exact) mass is 711 g/mol. The predicted molar refractivity (Wildman–Crippen MR) is 159 cm³/mol. The van der Waals surface area contributed by atoms with Crippen molar-refractivity contribution in [3.05, 3.63) is 101 Å². The number of fused-ring (bicyclic) bond motifs is 5. The molecule has 0 aliphatic heterocycles. The Balaban J connectivity index is 0.000000272. The van der Waals surface area contributed by atoms with Crippen molar-refractivity contribution in [2.24, 2.45) is 11.8 Å². The number of allylic oxidation sites excluding steroid dienone is 2. The van der Waals surface area contributed by atoms with Crippen molar-refractivity contribution in [1.29, 1.82) is 0 Å². The molecule has 5 rings (SSSR count). The van der Waals surface area contributed by atoms with Gasteiger partial charge in [0.1, 0.15) is 0 Å². The third-order valence-electron chi connectivity index (χ3n) is 6.54. The van der Waals surface area contributed by atoms with Gasteiger partial charge in [0, 0.05) is 61.1 Å². The van der Waals surface area contributed by atoms with Crippen LogP contribution in [0.3, 0.4) is 0 Å². The number of nitrogens with zero attached hydrogens (tertiary/aromatic N) is 1. The van der Waals surface area contributed by atoms with Crippen LogP contribution in [0.15, 0.2) is 72.5 Å². The fourth-order valence-corrected chi connectivity index (χ4v) is 5.04. The second kappa shape index (κ2) is 13.3. The minimum atomic E-state index is 0. The molecule has 0 unspecified atom stereocenters. The van der Waals surface area contributed by atoms with E-state index in [0.29, 0.717) is 24.7 Å². The SMILES string of the molecule is CC(C)CC(=O)/C=C(\O)CC(C)C.Cc1[c-]c(-c2ccc3c4c(ccc3n2)C(=O)c2ccccc2-4)cc(C)c1.[Ir]. The number of ketones is 2. The molecule has 0 spiro atoms. The Morgan fingerprint density at radius 3 is 2.23 bits per heavy atom. The van der Waals surface area contributed by atoms with Crippen molar-refractivity contribution in [3.63, 3.8) is 0 Å². The summed E-state index contributed by atoms with van der Waals surface area (Å²) in [7, 11) is 0. The zero-order chi connectivity index (χ0) is 28.3. The van der Waals surface area contributed by atoms with Crippen molar-refractivity contribution in [3.8, 4) is 22.4 Å². The molecule has 209 valence electrons. The number of aryl methyl sites for hydroxylation is 2. The Morgan fingerprint density at radius 1 is 0.900 bits per heavy atom. The number of aliphatic hydroxyl groups excluding tert-OH is 1. The summed E-state index contributed by atoms with van der Waals surface area (Å²) < 4.78 is 0. The first-order valence-electron chi connectivity index (χ1n) is 13.5. The van der Waals surface area contributed by atoms with Crippen molar-refractivity contribution < 1.29 is 34.8 Å². The Kier molecular flexibility index (Phi) is 10.4. The molecule has 1 aliphatic rings. The van der Waals surface area contributed by atoms with E-state index >= 15 is 0 Å². The van der Waals surface area contributed by atoms with Gasteiger partial charge >= 0.3 is 0 Å². The van der Waals surface area contributed by atoms with Crippen molar-refractivity contribution in [2.75, 3.05) is 0 Å². The molecular weight excluding hydrogens is 675 g/mol. The Hall–Kier alpha value is -3.40. The van der Waals surface area contributed by atoms with E-state index < -0.39 is 0 Å². The van der Waals surface area contributed by atoms with Crippen LogP contribution in [0.2, 0.25) is 0 Å². The van der Waals surface area contributed by atoms with Gasteiger partial charge in [-0.15, -0.1) is 34.9 Å². The van der Waals surface area contributed by atoms with Gasteiger partial charge in [-0.1, -0.05) is 77.9 Å². The molecule has 4 aromatic rings. The molecular formula is C35H36IrNO3-. The van der Waals surface area contributed by atoms with Crippen LogP contribution < -0.4 is 0 Å². The topological polar surface area (TPSA) is 67.3 Å². The van der Waals surface area contributed by atoms with Crippen molar-refractivity contribution >= 4 is 22.5 Å². The molecule has 1 N–H and O–H groups in total. The number of carbonyl (C=O) groups excluding carboxylic acids is 2. The summed E-state index contributed by atoms with van der Waals surface area (Å²) in [6.07, 6.45) is 2.46. The van der Waals surface area contributed by atoms with Gasteiger partial charge in [0.15, 0.2) is 11.6 Å². The zero-order valence-electron chi connectivity index (χ0n) is 24.0. The molecule has 0 amide bonds. The predicted octanol–water partition coefficient (Wildman–Crippen LogP) is 8.62. The number of aliphatic hydroxyl groups is 1. The summed E-state index contributed by atoms with van der Waals surface area (Å²) in [4.78, 5) is 28.7. The number of pyridine rings is 1.